The Hall–Kier alpha value is -1.66. The fraction of sp³-hybridized carbons (Fsp3) is 0.500. The van der Waals surface area contributed by atoms with Gasteiger partial charge in [0.2, 0.25) is 0 Å². The van der Waals surface area contributed by atoms with Crippen LogP contribution in [0.2, 0.25) is 0 Å². The Kier molecular flexibility index (Phi) is 12.3. The summed E-state index contributed by atoms with van der Waals surface area (Å²) in [6, 6.07) is 0. The summed E-state index contributed by atoms with van der Waals surface area (Å²) in [4.78, 5) is 19.5. The van der Waals surface area contributed by atoms with Crippen molar-refractivity contribution in [1.82, 2.24) is 0 Å². The number of hydrogen-bond donors (Lipinski definition) is 4. The SMILES string of the molecule is C=C(CCCCCC(O)O)C(=O)O.C=CC(=O)O. The Balaban J connectivity index is 0. The van der Waals surface area contributed by atoms with Crippen molar-refractivity contribution in [2.45, 2.75) is 38.4 Å². The Morgan fingerprint density at radius 3 is 1.94 bits per heavy atom. The molecule has 0 bridgehead atoms. The lowest BCUT2D eigenvalue weighted by atomic mass is 10.1. The molecule has 0 atom stereocenters. The van der Waals surface area contributed by atoms with Crippen molar-refractivity contribution in [3.63, 3.8) is 0 Å². The van der Waals surface area contributed by atoms with Gasteiger partial charge < -0.3 is 20.4 Å². The highest BCUT2D eigenvalue weighted by Gasteiger charge is 2.03. The predicted molar refractivity (Wildman–Crippen MR) is 65.9 cm³/mol. The molecule has 6 heteroatoms. The second kappa shape index (κ2) is 11.8. The van der Waals surface area contributed by atoms with Crippen LogP contribution >= 0.6 is 0 Å². The summed E-state index contributed by atoms with van der Waals surface area (Å²) in [5.41, 5.74) is 0.213. The zero-order valence-corrected chi connectivity index (χ0v) is 10.2. The molecule has 0 fully saturated rings. The monoisotopic (exact) mass is 260 g/mol. The minimum Gasteiger partial charge on any atom is -0.478 e. The number of carboxylic acids is 2. The fourth-order valence-electron chi connectivity index (χ4n) is 0.949. The van der Waals surface area contributed by atoms with E-state index in [9.17, 15) is 9.59 Å². The molecule has 18 heavy (non-hydrogen) atoms. The fourth-order valence-corrected chi connectivity index (χ4v) is 0.949. The van der Waals surface area contributed by atoms with Crippen LogP contribution in [-0.2, 0) is 9.59 Å². The maximum atomic E-state index is 10.3. The minimum atomic E-state index is -1.25. The number of hydrogen-bond acceptors (Lipinski definition) is 4. The predicted octanol–water partition coefficient (Wildman–Crippen LogP) is 1.15. The number of unbranched alkanes of at least 4 members (excludes halogenated alkanes) is 2. The minimum absolute atomic E-state index is 0.213. The molecular weight excluding hydrogens is 240 g/mol. The van der Waals surface area contributed by atoms with Gasteiger partial charge in [0, 0.05) is 11.6 Å². The molecule has 0 saturated heterocycles. The summed E-state index contributed by atoms with van der Waals surface area (Å²) in [5, 5.41) is 33.0. The van der Waals surface area contributed by atoms with E-state index in [1.807, 2.05) is 0 Å². The van der Waals surface area contributed by atoms with E-state index in [0.717, 1.165) is 18.9 Å². The number of carboxylic acid groups (broad SMARTS) is 2. The number of rotatable bonds is 8. The smallest absolute Gasteiger partial charge is 0.330 e. The second-order valence-corrected chi connectivity index (χ2v) is 3.53. The molecule has 0 aliphatic rings. The lowest BCUT2D eigenvalue weighted by molar-refractivity contribution is -0.133. The summed E-state index contributed by atoms with van der Waals surface area (Å²) in [7, 11) is 0. The van der Waals surface area contributed by atoms with Crippen LogP contribution in [0.1, 0.15) is 32.1 Å². The van der Waals surface area contributed by atoms with Gasteiger partial charge in [-0.3, -0.25) is 0 Å². The molecule has 0 unspecified atom stereocenters. The highest BCUT2D eigenvalue weighted by Crippen LogP contribution is 2.09. The maximum absolute atomic E-state index is 10.3. The molecule has 0 aliphatic heterocycles. The molecule has 0 aromatic carbocycles. The van der Waals surface area contributed by atoms with E-state index >= 15 is 0 Å². The molecule has 0 saturated carbocycles. The number of aliphatic carboxylic acids is 2. The first-order valence-corrected chi connectivity index (χ1v) is 5.43. The van der Waals surface area contributed by atoms with Crippen molar-refractivity contribution in [2.75, 3.05) is 0 Å². The second-order valence-electron chi connectivity index (χ2n) is 3.53. The Morgan fingerprint density at radius 1 is 1.11 bits per heavy atom. The number of carbonyl (C=O) groups is 2. The van der Waals surface area contributed by atoms with Gasteiger partial charge in [0.1, 0.15) is 0 Å². The van der Waals surface area contributed by atoms with Gasteiger partial charge in [0.25, 0.3) is 0 Å². The molecule has 4 N–H and O–H groups in total. The quantitative estimate of drug-likeness (QED) is 0.295. The molecule has 0 aromatic heterocycles. The lowest BCUT2D eigenvalue weighted by Gasteiger charge is -2.02. The molecule has 0 aromatic rings. The largest absolute Gasteiger partial charge is 0.478 e. The van der Waals surface area contributed by atoms with E-state index < -0.39 is 18.2 Å². The van der Waals surface area contributed by atoms with Gasteiger partial charge in [0.15, 0.2) is 6.29 Å². The molecule has 0 spiro atoms. The van der Waals surface area contributed by atoms with E-state index in [-0.39, 0.29) is 5.57 Å². The Morgan fingerprint density at radius 2 is 1.61 bits per heavy atom. The van der Waals surface area contributed by atoms with Gasteiger partial charge in [-0.15, -0.1) is 0 Å². The van der Waals surface area contributed by atoms with E-state index in [1.165, 1.54) is 0 Å². The Bertz CT molecular complexity index is 282. The molecule has 0 aliphatic carbocycles. The third kappa shape index (κ3) is 16.8. The van der Waals surface area contributed by atoms with Gasteiger partial charge in [-0.2, -0.15) is 0 Å². The molecule has 0 radical (unpaired) electrons. The Labute approximate surface area is 106 Å². The van der Waals surface area contributed by atoms with Crippen molar-refractivity contribution in [3.05, 3.63) is 24.8 Å². The molecular formula is C12H20O6. The summed E-state index contributed by atoms with van der Waals surface area (Å²) in [5.74, 6) is -1.94. The first kappa shape index (κ1) is 18.7. The third-order valence-corrected chi connectivity index (χ3v) is 1.92. The molecule has 104 valence electrons. The molecule has 6 nitrogen and oxygen atoms in total. The highest BCUT2D eigenvalue weighted by atomic mass is 16.5. The van der Waals surface area contributed by atoms with Gasteiger partial charge in [-0.05, 0) is 25.7 Å². The standard InChI is InChI=1S/C9H16O4.C3H4O2/c1-7(9(12)13)5-3-2-4-6-8(10)11;1-2-3(4)5/h8,10-11H,1-6H2,(H,12,13);2H,1H2,(H,4,5). The number of aliphatic hydroxyl groups is 2. The van der Waals surface area contributed by atoms with Crippen molar-refractivity contribution in [1.29, 1.82) is 0 Å². The average Bonchev–Trinajstić information content (AvgIpc) is 2.28. The van der Waals surface area contributed by atoms with Crippen molar-refractivity contribution < 1.29 is 30.0 Å². The van der Waals surface area contributed by atoms with Crippen molar-refractivity contribution in [3.8, 4) is 0 Å². The van der Waals surface area contributed by atoms with Crippen LogP contribution in [0.15, 0.2) is 24.8 Å². The van der Waals surface area contributed by atoms with E-state index in [4.69, 9.17) is 20.4 Å². The zero-order chi connectivity index (χ0) is 14.6. The highest BCUT2D eigenvalue weighted by molar-refractivity contribution is 5.85. The molecule has 0 rings (SSSR count). The zero-order valence-electron chi connectivity index (χ0n) is 10.2. The molecule has 0 heterocycles. The van der Waals surface area contributed by atoms with Crippen LogP contribution in [0.25, 0.3) is 0 Å². The first-order valence-electron chi connectivity index (χ1n) is 5.43. The van der Waals surface area contributed by atoms with Crippen molar-refractivity contribution >= 4 is 11.9 Å². The topological polar surface area (TPSA) is 115 Å². The lowest BCUT2D eigenvalue weighted by Crippen LogP contribution is -2.03. The van der Waals surface area contributed by atoms with Crippen molar-refractivity contribution in [2.24, 2.45) is 0 Å². The van der Waals surface area contributed by atoms with Crippen LogP contribution in [-0.4, -0.2) is 38.7 Å². The normalized spacial score (nSPS) is 9.28. The van der Waals surface area contributed by atoms with E-state index in [2.05, 4.69) is 13.2 Å². The van der Waals surface area contributed by atoms with Crippen LogP contribution in [0.4, 0.5) is 0 Å². The average molecular weight is 260 g/mol. The van der Waals surface area contributed by atoms with Gasteiger partial charge in [-0.1, -0.05) is 19.6 Å². The van der Waals surface area contributed by atoms with Crippen LogP contribution < -0.4 is 0 Å². The first-order chi connectivity index (χ1) is 8.31. The summed E-state index contributed by atoms with van der Waals surface area (Å²) < 4.78 is 0. The van der Waals surface area contributed by atoms with Gasteiger partial charge in [-0.25, -0.2) is 9.59 Å². The third-order valence-electron chi connectivity index (χ3n) is 1.92. The van der Waals surface area contributed by atoms with Gasteiger partial charge >= 0.3 is 11.9 Å². The summed E-state index contributed by atoms with van der Waals surface area (Å²) in [6.07, 6.45) is 2.63. The summed E-state index contributed by atoms with van der Waals surface area (Å²) in [6.45, 7) is 6.35. The van der Waals surface area contributed by atoms with E-state index in [0.29, 0.717) is 19.3 Å². The van der Waals surface area contributed by atoms with Crippen LogP contribution in [0.5, 0.6) is 0 Å². The van der Waals surface area contributed by atoms with Gasteiger partial charge in [0.05, 0.1) is 0 Å². The van der Waals surface area contributed by atoms with E-state index in [1.54, 1.807) is 0 Å². The number of aliphatic hydroxyl groups excluding tert-OH is 1. The van der Waals surface area contributed by atoms with Crippen LogP contribution in [0, 0.1) is 0 Å². The maximum Gasteiger partial charge on any atom is 0.330 e. The summed E-state index contributed by atoms with van der Waals surface area (Å²) >= 11 is 0. The molecule has 0 amide bonds. The van der Waals surface area contributed by atoms with Crippen LogP contribution in [0.3, 0.4) is 0 Å².